The van der Waals surface area contributed by atoms with Gasteiger partial charge in [0.2, 0.25) is 5.88 Å². The lowest BCUT2D eigenvalue weighted by Crippen LogP contribution is -2.46. The second kappa shape index (κ2) is 15.6. The molecule has 0 bridgehead atoms. The molecule has 0 spiro atoms. The summed E-state index contributed by atoms with van der Waals surface area (Å²) in [6.45, 7) is 3.30. The highest BCUT2D eigenvalue weighted by molar-refractivity contribution is 6.39. The third-order valence-electron chi connectivity index (χ3n) is 8.44. The van der Waals surface area contributed by atoms with Gasteiger partial charge in [0, 0.05) is 65.8 Å². The summed E-state index contributed by atoms with van der Waals surface area (Å²) in [6.07, 6.45) is 1.69. The lowest BCUT2D eigenvalue weighted by Gasteiger charge is -2.28. The molecule has 2 saturated heterocycles. The minimum Gasteiger partial charge on any atom is -0.496 e. The molecule has 13 heteroatoms. The number of amides is 1. The van der Waals surface area contributed by atoms with Crippen LogP contribution >= 0.6 is 23.2 Å². The van der Waals surface area contributed by atoms with Crippen molar-refractivity contribution in [3.63, 3.8) is 0 Å². The Morgan fingerprint density at radius 3 is 2.40 bits per heavy atom. The molecule has 2 aliphatic rings. The highest BCUT2D eigenvalue weighted by atomic mass is 35.5. The molecule has 48 heavy (non-hydrogen) atoms. The van der Waals surface area contributed by atoms with Crippen molar-refractivity contribution < 1.29 is 28.8 Å². The number of carbonyl (C=O) groups is 1. The van der Waals surface area contributed by atoms with E-state index in [1.165, 1.54) is 7.11 Å². The molecule has 1 amide bonds. The van der Waals surface area contributed by atoms with Crippen LogP contribution in [0.3, 0.4) is 0 Å². The van der Waals surface area contributed by atoms with Crippen LogP contribution in [0.25, 0.3) is 22.4 Å². The first-order chi connectivity index (χ1) is 23.4. The predicted molar refractivity (Wildman–Crippen MR) is 184 cm³/mol. The van der Waals surface area contributed by atoms with E-state index in [0.717, 1.165) is 11.1 Å². The van der Waals surface area contributed by atoms with Crippen LogP contribution in [0, 0.1) is 0 Å². The highest BCUT2D eigenvalue weighted by Gasteiger charge is 2.24. The fourth-order valence-electron chi connectivity index (χ4n) is 5.61. The van der Waals surface area contributed by atoms with Gasteiger partial charge in [0.15, 0.2) is 0 Å². The predicted octanol–water partition coefficient (Wildman–Crippen LogP) is 5.11. The Labute approximate surface area is 288 Å². The smallest absolute Gasteiger partial charge is 0.274 e. The average Bonchev–Trinajstić information content (AvgIpc) is 3.08. The van der Waals surface area contributed by atoms with Crippen LogP contribution in [0.2, 0.25) is 10.0 Å². The Hall–Kier alpha value is -3.81. The van der Waals surface area contributed by atoms with E-state index in [1.54, 1.807) is 31.5 Å². The van der Waals surface area contributed by atoms with Crippen LogP contribution in [-0.2, 0) is 22.6 Å². The van der Waals surface area contributed by atoms with Gasteiger partial charge in [-0.3, -0.25) is 9.78 Å². The number of halogens is 2. The number of aliphatic hydroxyl groups excluding tert-OH is 1. The van der Waals surface area contributed by atoms with E-state index in [4.69, 9.17) is 47.1 Å². The number of ether oxygens (including phenoxy) is 4. The maximum Gasteiger partial charge on any atom is 0.274 e. The average molecular weight is 695 g/mol. The van der Waals surface area contributed by atoms with Gasteiger partial charge >= 0.3 is 0 Å². The summed E-state index contributed by atoms with van der Waals surface area (Å²) < 4.78 is 21.7. The van der Waals surface area contributed by atoms with Gasteiger partial charge in [-0.25, -0.2) is 4.98 Å². The molecule has 4 N–H and O–H groups in total. The molecule has 0 unspecified atom stereocenters. The van der Waals surface area contributed by atoms with Gasteiger partial charge in [0.05, 0.1) is 67.6 Å². The van der Waals surface area contributed by atoms with E-state index in [1.807, 2.05) is 36.4 Å². The zero-order chi connectivity index (χ0) is 33.6. The summed E-state index contributed by atoms with van der Waals surface area (Å²) >= 11 is 13.9. The quantitative estimate of drug-likeness (QED) is 0.158. The van der Waals surface area contributed by atoms with E-state index >= 15 is 0 Å². The largest absolute Gasteiger partial charge is 0.496 e. The number of aromatic nitrogens is 2. The van der Waals surface area contributed by atoms with Crippen LogP contribution in [0.15, 0.2) is 60.8 Å². The van der Waals surface area contributed by atoms with E-state index in [-0.39, 0.29) is 11.7 Å². The number of hydrogen-bond acceptors (Lipinski definition) is 10. The monoisotopic (exact) mass is 693 g/mol. The molecule has 4 aromatic rings. The number of hydrogen-bond donors (Lipinski definition) is 4. The third kappa shape index (κ3) is 7.58. The molecular formula is C35H37Cl2N5O6. The number of carbonyl (C=O) groups excluding carboxylic acids is 1. The van der Waals surface area contributed by atoms with Crippen LogP contribution < -0.4 is 25.4 Å². The number of nitrogens with one attached hydrogen (secondary N) is 3. The minimum atomic E-state index is -0.590. The summed E-state index contributed by atoms with van der Waals surface area (Å²) in [7, 11) is 3.13. The summed E-state index contributed by atoms with van der Waals surface area (Å²) in [5, 5.41) is 20.6. The van der Waals surface area contributed by atoms with Gasteiger partial charge in [-0.05, 0) is 18.6 Å². The highest BCUT2D eigenvalue weighted by Crippen LogP contribution is 2.41. The molecule has 2 atom stereocenters. The van der Waals surface area contributed by atoms with E-state index in [2.05, 4.69) is 20.9 Å². The lowest BCUT2D eigenvalue weighted by molar-refractivity contribution is -0.0281. The van der Waals surface area contributed by atoms with E-state index in [9.17, 15) is 9.90 Å². The summed E-state index contributed by atoms with van der Waals surface area (Å²) in [6, 6.07) is 16.7. The fourth-order valence-corrected chi connectivity index (χ4v) is 6.21. The maximum atomic E-state index is 13.3. The molecular weight excluding hydrogens is 657 g/mol. The van der Waals surface area contributed by atoms with Gasteiger partial charge in [0.25, 0.3) is 5.91 Å². The van der Waals surface area contributed by atoms with Crippen molar-refractivity contribution in [3.05, 3.63) is 87.7 Å². The molecule has 0 saturated carbocycles. The Bertz CT molecular complexity index is 1770. The van der Waals surface area contributed by atoms with Gasteiger partial charge in [-0.15, -0.1) is 0 Å². The van der Waals surface area contributed by atoms with Crippen molar-refractivity contribution in [2.45, 2.75) is 37.7 Å². The third-order valence-corrected chi connectivity index (χ3v) is 9.26. The molecule has 0 radical (unpaired) electrons. The summed E-state index contributed by atoms with van der Waals surface area (Å²) in [5.41, 5.74) is 4.92. The first-order valence-corrected chi connectivity index (χ1v) is 16.4. The van der Waals surface area contributed by atoms with Crippen molar-refractivity contribution in [1.82, 2.24) is 20.6 Å². The number of methoxy groups -OCH3 is 2. The maximum absolute atomic E-state index is 13.3. The first-order valence-electron chi connectivity index (χ1n) is 15.6. The van der Waals surface area contributed by atoms with Crippen molar-refractivity contribution in [3.8, 4) is 34.0 Å². The molecule has 0 aliphatic carbocycles. The zero-order valence-corrected chi connectivity index (χ0v) is 28.1. The van der Waals surface area contributed by atoms with Crippen molar-refractivity contribution >= 4 is 34.8 Å². The van der Waals surface area contributed by atoms with Gasteiger partial charge in [0.1, 0.15) is 11.4 Å². The normalized spacial score (nSPS) is 17.9. The standard InChI is InChI=1S/C35H37Cl2N5O6/c1-45-31-13-29(40-16-21(31)15-39-27-11-12-47-19-30(27)43)34(44)41-28-8-4-6-24(33(28)37)23-5-3-7-25(32(23)36)26-10-9-20(35(42-26)46-2)14-38-22-17-48-18-22/h3-10,13,16,22,27,30,38-39,43H,11-12,14-15,17-19H2,1-2H3,(H,41,44)/t27-,30-/m1/s1. The van der Waals surface area contributed by atoms with Gasteiger partial charge < -0.3 is 40.0 Å². The number of nitrogens with zero attached hydrogens (tertiary/aromatic N) is 2. The summed E-state index contributed by atoms with van der Waals surface area (Å²) in [5.74, 6) is 0.550. The van der Waals surface area contributed by atoms with Crippen molar-refractivity contribution in [2.75, 3.05) is 46.0 Å². The molecule has 252 valence electrons. The van der Waals surface area contributed by atoms with Crippen LogP contribution in [0.5, 0.6) is 11.6 Å². The SMILES string of the molecule is COc1cc(C(=O)Nc2cccc(-c3cccc(-c4ccc(CNC5COC5)c(OC)n4)c3Cl)c2Cl)ncc1CN[C@@H]1CCOC[C@H]1O. The lowest BCUT2D eigenvalue weighted by atomic mass is 10.00. The van der Waals surface area contributed by atoms with Crippen LogP contribution in [-0.4, -0.2) is 79.8 Å². The molecule has 2 aromatic carbocycles. The fraction of sp³-hybridized carbons (Fsp3) is 0.343. The number of pyridine rings is 2. The second-order valence-electron chi connectivity index (χ2n) is 11.6. The zero-order valence-electron chi connectivity index (χ0n) is 26.6. The minimum absolute atomic E-state index is 0.102. The van der Waals surface area contributed by atoms with E-state index in [0.29, 0.717) is 102 Å². The molecule has 6 rings (SSSR count). The van der Waals surface area contributed by atoms with Crippen LogP contribution in [0.1, 0.15) is 28.0 Å². The van der Waals surface area contributed by atoms with Crippen LogP contribution in [0.4, 0.5) is 5.69 Å². The molecule has 2 aromatic heterocycles. The van der Waals surface area contributed by atoms with E-state index < -0.39 is 12.0 Å². The second-order valence-corrected chi connectivity index (χ2v) is 12.3. The van der Waals surface area contributed by atoms with Crippen molar-refractivity contribution in [1.29, 1.82) is 0 Å². The Kier molecular flexibility index (Phi) is 11.1. The number of benzene rings is 2. The molecule has 2 fully saturated rings. The molecule has 4 heterocycles. The van der Waals surface area contributed by atoms with Crippen molar-refractivity contribution in [2.24, 2.45) is 0 Å². The Balaban J connectivity index is 1.19. The topological polar surface area (TPSA) is 136 Å². The number of rotatable bonds is 12. The summed E-state index contributed by atoms with van der Waals surface area (Å²) in [4.78, 5) is 22.5. The number of anilines is 1. The Morgan fingerprint density at radius 1 is 0.917 bits per heavy atom. The molecule has 2 aliphatic heterocycles. The first kappa shape index (κ1) is 34.1. The Morgan fingerprint density at radius 2 is 1.67 bits per heavy atom. The molecule has 11 nitrogen and oxygen atoms in total. The van der Waals surface area contributed by atoms with Gasteiger partial charge in [-0.1, -0.05) is 59.6 Å². The number of aliphatic hydroxyl groups is 1. The van der Waals surface area contributed by atoms with Gasteiger partial charge in [-0.2, -0.15) is 0 Å².